The SMILES string of the molecule is O=C(CN(CC(=O)NCCc1ccc(F)cc1)C(=O)c1cccc(C(=O)N(CC(=O)NCCCCCCCCCCNC(=O)OCc2ccccc2)CC(=O)NCCc2ccc(F)cc2)c1)NCCCCCCCCCCNC(=O)OCc1ccccc1. The van der Waals surface area contributed by atoms with Crippen LogP contribution in [0.2, 0.25) is 0 Å². The largest absolute Gasteiger partial charge is 0.445 e. The number of benzene rings is 5. The van der Waals surface area contributed by atoms with E-state index in [1.807, 2.05) is 60.7 Å². The summed E-state index contributed by atoms with van der Waals surface area (Å²) in [7, 11) is 0. The molecule has 0 saturated heterocycles. The summed E-state index contributed by atoms with van der Waals surface area (Å²) in [4.78, 5) is 108. The van der Waals surface area contributed by atoms with E-state index in [1.165, 1.54) is 48.5 Å². The molecule has 18 nitrogen and oxygen atoms in total. The van der Waals surface area contributed by atoms with Gasteiger partial charge in [-0.15, -0.1) is 0 Å². The lowest BCUT2D eigenvalue weighted by atomic mass is 10.1. The molecule has 88 heavy (non-hydrogen) atoms. The molecule has 5 rings (SSSR count). The summed E-state index contributed by atoms with van der Waals surface area (Å²) < 4.78 is 37.5. The lowest BCUT2D eigenvalue weighted by Crippen LogP contribution is -2.46. The van der Waals surface area contributed by atoms with Gasteiger partial charge in [0.2, 0.25) is 23.6 Å². The van der Waals surface area contributed by atoms with E-state index < -0.39 is 85.4 Å². The van der Waals surface area contributed by atoms with Crippen molar-refractivity contribution < 1.29 is 56.6 Å². The molecule has 8 amide bonds. The second kappa shape index (κ2) is 42.2. The third-order valence-electron chi connectivity index (χ3n) is 14.4. The molecule has 5 aromatic rings. The number of ether oxygens (including phenoxy) is 2. The van der Waals surface area contributed by atoms with Crippen LogP contribution in [-0.2, 0) is 54.7 Å². The molecule has 0 fully saturated rings. The molecule has 0 aliphatic rings. The fourth-order valence-corrected chi connectivity index (χ4v) is 9.47. The molecular weight excluding hydrogens is 1130 g/mol. The number of carbonyl (C=O) groups excluding carboxylic acids is 8. The van der Waals surface area contributed by atoms with Crippen molar-refractivity contribution in [1.29, 1.82) is 0 Å². The Bertz CT molecular complexity index is 2700. The minimum absolute atomic E-state index is 0.0164. The minimum atomic E-state index is -0.716. The Labute approximate surface area is 516 Å². The summed E-state index contributed by atoms with van der Waals surface area (Å²) in [6, 6.07) is 36.4. The zero-order valence-corrected chi connectivity index (χ0v) is 50.6. The number of hydrogen-bond donors (Lipinski definition) is 6. The van der Waals surface area contributed by atoms with Gasteiger partial charge < -0.3 is 51.2 Å². The molecule has 0 radical (unpaired) electrons. The van der Waals surface area contributed by atoms with Gasteiger partial charge in [-0.2, -0.15) is 0 Å². The van der Waals surface area contributed by atoms with Crippen LogP contribution in [0.4, 0.5) is 18.4 Å². The Morgan fingerprint density at radius 1 is 0.318 bits per heavy atom. The number of nitrogens with one attached hydrogen (secondary N) is 6. The molecular formula is C68H88F2N8O10. The summed E-state index contributed by atoms with van der Waals surface area (Å²) in [5, 5.41) is 16.8. The van der Waals surface area contributed by atoms with Gasteiger partial charge in [-0.25, -0.2) is 18.4 Å². The van der Waals surface area contributed by atoms with E-state index in [9.17, 15) is 47.1 Å². The van der Waals surface area contributed by atoms with Crippen molar-refractivity contribution >= 4 is 47.6 Å². The molecule has 5 aromatic carbocycles. The smallest absolute Gasteiger partial charge is 0.407 e. The highest BCUT2D eigenvalue weighted by atomic mass is 19.1. The second-order valence-electron chi connectivity index (χ2n) is 21.7. The number of rotatable bonds is 42. The van der Waals surface area contributed by atoms with Crippen molar-refractivity contribution in [2.75, 3.05) is 65.4 Å². The van der Waals surface area contributed by atoms with Gasteiger partial charge in [0.15, 0.2) is 0 Å². The maximum Gasteiger partial charge on any atom is 0.407 e. The maximum atomic E-state index is 14.3. The van der Waals surface area contributed by atoms with Crippen LogP contribution in [0.1, 0.15) is 146 Å². The summed E-state index contributed by atoms with van der Waals surface area (Å²) in [6.45, 7) is 0.644. The monoisotopic (exact) mass is 1210 g/mol. The average Bonchev–Trinajstić information content (AvgIpc) is 3.70. The first kappa shape index (κ1) is 70.1. The third-order valence-corrected chi connectivity index (χ3v) is 14.4. The van der Waals surface area contributed by atoms with Gasteiger partial charge >= 0.3 is 12.2 Å². The molecule has 0 aliphatic heterocycles. The summed E-state index contributed by atoms with van der Waals surface area (Å²) >= 11 is 0. The lowest BCUT2D eigenvalue weighted by Gasteiger charge is -2.24. The van der Waals surface area contributed by atoms with E-state index >= 15 is 0 Å². The van der Waals surface area contributed by atoms with Crippen LogP contribution >= 0.6 is 0 Å². The van der Waals surface area contributed by atoms with E-state index in [-0.39, 0.29) is 37.4 Å². The van der Waals surface area contributed by atoms with Gasteiger partial charge in [-0.1, -0.05) is 168 Å². The standard InChI is InChI=1S/C68H88F2N8O10/c69-59-34-30-53(31-35-59)38-44-73-63(81)49-77(47-61(79)71-40-19-9-5-1-3-7-11-21-42-75-67(85)87-51-55-24-15-13-16-25-55)65(83)57-28-23-29-58(46-57)66(84)78(50-64(82)74-45-39-54-32-36-60(70)37-33-54)48-62(80)72-41-20-10-6-2-4-8-12-22-43-76-68(86)88-52-56-26-17-14-18-27-56/h13-18,23-37,46H,1-12,19-22,38-45,47-52H2,(H,71,79)(H,72,80)(H,73,81)(H,74,82)(H,75,85)(H,76,86). The number of alkyl carbamates (subject to hydrolysis) is 2. The molecule has 0 saturated carbocycles. The van der Waals surface area contributed by atoms with E-state index in [0.29, 0.717) is 51.9 Å². The molecule has 0 atom stereocenters. The van der Waals surface area contributed by atoms with Crippen molar-refractivity contribution in [2.24, 2.45) is 0 Å². The Morgan fingerprint density at radius 2 is 0.614 bits per heavy atom. The van der Waals surface area contributed by atoms with Crippen molar-refractivity contribution in [1.82, 2.24) is 41.7 Å². The lowest BCUT2D eigenvalue weighted by molar-refractivity contribution is -0.125. The van der Waals surface area contributed by atoms with Crippen LogP contribution in [0.5, 0.6) is 0 Å². The van der Waals surface area contributed by atoms with E-state index in [1.54, 1.807) is 24.3 Å². The first-order valence-electron chi connectivity index (χ1n) is 30.9. The minimum Gasteiger partial charge on any atom is -0.445 e. The first-order valence-corrected chi connectivity index (χ1v) is 30.9. The van der Waals surface area contributed by atoms with E-state index in [2.05, 4.69) is 31.9 Å². The van der Waals surface area contributed by atoms with E-state index in [0.717, 1.165) is 122 Å². The highest BCUT2D eigenvalue weighted by Crippen LogP contribution is 2.15. The number of amides is 8. The molecule has 0 aliphatic carbocycles. The molecule has 0 bridgehead atoms. The van der Waals surface area contributed by atoms with Gasteiger partial charge in [0.25, 0.3) is 11.8 Å². The van der Waals surface area contributed by atoms with Crippen molar-refractivity contribution in [3.05, 3.63) is 178 Å². The number of unbranched alkanes of at least 4 members (excludes halogenated alkanes) is 14. The number of halogens is 2. The van der Waals surface area contributed by atoms with Gasteiger partial charge in [0.1, 0.15) is 51.0 Å². The van der Waals surface area contributed by atoms with Crippen molar-refractivity contribution in [3.8, 4) is 0 Å². The fourth-order valence-electron chi connectivity index (χ4n) is 9.47. The van der Waals surface area contributed by atoms with Gasteiger partial charge in [0.05, 0.1) is 0 Å². The Balaban J connectivity index is 1.08. The molecule has 474 valence electrons. The molecule has 0 aromatic heterocycles. The van der Waals surface area contributed by atoms with Crippen molar-refractivity contribution in [2.45, 2.75) is 129 Å². The molecule has 0 heterocycles. The Hall–Kier alpha value is -8.68. The van der Waals surface area contributed by atoms with Gasteiger partial charge in [-0.3, -0.25) is 28.8 Å². The number of carbonyl (C=O) groups is 8. The van der Waals surface area contributed by atoms with Gasteiger partial charge in [-0.05, 0) is 103 Å². The number of hydrogen-bond acceptors (Lipinski definition) is 10. The van der Waals surface area contributed by atoms with Crippen molar-refractivity contribution in [3.63, 3.8) is 0 Å². The molecule has 6 N–H and O–H groups in total. The topological polar surface area (TPSA) is 234 Å². The van der Waals surface area contributed by atoms with Crippen LogP contribution < -0.4 is 31.9 Å². The molecule has 0 unspecified atom stereocenters. The van der Waals surface area contributed by atoms with Gasteiger partial charge in [0, 0.05) is 50.4 Å². The van der Waals surface area contributed by atoms with Crippen LogP contribution in [0, 0.1) is 11.6 Å². The third kappa shape index (κ3) is 30.6. The normalized spacial score (nSPS) is 10.8. The fraction of sp³-hybridized carbons (Fsp3) is 0.441. The summed E-state index contributed by atoms with van der Waals surface area (Å²) in [5.74, 6) is -4.29. The van der Waals surface area contributed by atoms with Crippen LogP contribution in [0.15, 0.2) is 133 Å². The predicted octanol–water partition coefficient (Wildman–Crippen LogP) is 9.89. The Kier molecular flexibility index (Phi) is 33.6. The zero-order valence-electron chi connectivity index (χ0n) is 50.6. The predicted molar refractivity (Wildman–Crippen MR) is 334 cm³/mol. The van der Waals surface area contributed by atoms with Crippen LogP contribution in [-0.4, -0.2) is 123 Å². The summed E-state index contributed by atoms with van der Waals surface area (Å²) in [5.41, 5.74) is 3.38. The number of nitrogens with zero attached hydrogens (tertiary/aromatic N) is 2. The van der Waals surface area contributed by atoms with Crippen LogP contribution in [0.3, 0.4) is 0 Å². The summed E-state index contributed by atoms with van der Waals surface area (Å²) in [6.07, 6.45) is 14.7. The highest BCUT2D eigenvalue weighted by molar-refractivity contribution is 6.03. The zero-order chi connectivity index (χ0) is 62.8. The second-order valence-corrected chi connectivity index (χ2v) is 21.7. The van der Waals surface area contributed by atoms with Crippen LogP contribution in [0.25, 0.3) is 0 Å². The quantitative estimate of drug-likeness (QED) is 0.0202. The molecule has 0 spiro atoms. The first-order chi connectivity index (χ1) is 42.8. The Morgan fingerprint density at radius 3 is 0.943 bits per heavy atom. The highest BCUT2D eigenvalue weighted by Gasteiger charge is 2.26. The van der Waals surface area contributed by atoms with E-state index in [4.69, 9.17) is 9.47 Å². The average molecular weight is 1220 g/mol. The maximum absolute atomic E-state index is 14.3. The molecule has 20 heteroatoms.